The lowest BCUT2D eigenvalue weighted by Gasteiger charge is -2.30. The Hall–Kier alpha value is -0.570. The van der Waals surface area contributed by atoms with Crippen LogP contribution in [0, 0.1) is 5.92 Å². The smallest absolute Gasteiger partial charge is 0.239 e. The summed E-state index contributed by atoms with van der Waals surface area (Å²) in [4.78, 5) is 14.1. The van der Waals surface area contributed by atoms with Crippen LogP contribution < -0.4 is 5.73 Å². The lowest BCUT2D eigenvalue weighted by molar-refractivity contribution is -0.134. The predicted molar refractivity (Wildman–Crippen MR) is 73.8 cm³/mol. The van der Waals surface area contributed by atoms with E-state index in [0.717, 1.165) is 19.4 Å². The highest BCUT2D eigenvalue weighted by atomic mass is 16.2. The zero-order chi connectivity index (χ0) is 13.4. The molecule has 3 nitrogen and oxygen atoms in total. The van der Waals surface area contributed by atoms with E-state index in [0.29, 0.717) is 5.92 Å². The number of hydrogen-bond donors (Lipinski definition) is 1. The van der Waals surface area contributed by atoms with Crippen molar-refractivity contribution in [3.8, 4) is 0 Å². The van der Waals surface area contributed by atoms with Gasteiger partial charge in [-0.3, -0.25) is 4.79 Å². The van der Waals surface area contributed by atoms with E-state index >= 15 is 0 Å². The molecule has 0 bridgehead atoms. The van der Waals surface area contributed by atoms with Crippen LogP contribution in [-0.2, 0) is 4.79 Å². The molecule has 0 saturated carbocycles. The van der Waals surface area contributed by atoms with Gasteiger partial charge >= 0.3 is 0 Å². The third-order valence-electron chi connectivity index (χ3n) is 2.95. The van der Waals surface area contributed by atoms with Crippen molar-refractivity contribution < 1.29 is 4.79 Å². The Kier molecular flexibility index (Phi) is 8.23. The monoisotopic (exact) mass is 242 g/mol. The first-order chi connectivity index (χ1) is 7.90. The van der Waals surface area contributed by atoms with Gasteiger partial charge in [0.15, 0.2) is 0 Å². The van der Waals surface area contributed by atoms with Crippen molar-refractivity contribution in [1.82, 2.24) is 4.90 Å². The Labute approximate surface area is 107 Å². The topological polar surface area (TPSA) is 46.3 Å². The Morgan fingerprint density at radius 3 is 2.18 bits per heavy atom. The van der Waals surface area contributed by atoms with Gasteiger partial charge in [0, 0.05) is 12.6 Å². The number of carbonyl (C=O) groups is 1. The largest absolute Gasteiger partial charge is 0.339 e. The van der Waals surface area contributed by atoms with Crippen LogP contribution in [0.4, 0.5) is 0 Å². The van der Waals surface area contributed by atoms with Crippen LogP contribution in [0.5, 0.6) is 0 Å². The summed E-state index contributed by atoms with van der Waals surface area (Å²) >= 11 is 0. The predicted octanol–water partition coefficient (Wildman–Crippen LogP) is 2.79. The standard InChI is InChI=1S/C14H30N2O/c1-6-7-8-9-16(12(4)5)14(17)13(15)10-11(2)3/h11-13H,6-10,15H2,1-5H3/t13-/m0/s1. The van der Waals surface area contributed by atoms with E-state index in [-0.39, 0.29) is 18.0 Å². The number of nitrogens with zero attached hydrogens (tertiary/aromatic N) is 1. The first-order valence-corrected chi connectivity index (χ1v) is 6.96. The number of unbranched alkanes of at least 4 members (excludes halogenated alkanes) is 2. The molecule has 0 unspecified atom stereocenters. The molecule has 2 N–H and O–H groups in total. The molecule has 0 heterocycles. The zero-order valence-electron chi connectivity index (χ0n) is 12.2. The van der Waals surface area contributed by atoms with Crippen molar-refractivity contribution in [2.45, 2.75) is 72.4 Å². The molecule has 0 rings (SSSR count). The molecule has 1 atom stereocenters. The second kappa shape index (κ2) is 8.51. The second-order valence-corrected chi connectivity index (χ2v) is 5.57. The summed E-state index contributed by atoms with van der Waals surface area (Å²) in [6.07, 6.45) is 4.21. The van der Waals surface area contributed by atoms with Crippen LogP contribution in [0.1, 0.15) is 60.3 Å². The summed E-state index contributed by atoms with van der Waals surface area (Å²) < 4.78 is 0. The van der Waals surface area contributed by atoms with Crippen LogP contribution in [-0.4, -0.2) is 29.4 Å². The Balaban J connectivity index is 4.32. The second-order valence-electron chi connectivity index (χ2n) is 5.57. The third kappa shape index (κ3) is 6.67. The van der Waals surface area contributed by atoms with Crippen LogP contribution in [0.15, 0.2) is 0 Å². The van der Waals surface area contributed by atoms with Crippen molar-refractivity contribution in [2.24, 2.45) is 11.7 Å². The van der Waals surface area contributed by atoms with Gasteiger partial charge in [0.25, 0.3) is 0 Å². The van der Waals surface area contributed by atoms with Crippen LogP contribution in [0.3, 0.4) is 0 Å². The van der Waals surface area contributed by atoms with Crippen molar-refractivity contribution in [3.05, 3.63) is 0 Å². The van der Waals surface area contributed by atoms with E-state index < -0.39 is 0 Å². The number of carbonyl (C=O) groups excluding carboxylic acids is 1. The molecule has 0 radical (unpaired) electrons. The molecule has 3 heteroatoms. The normalized spacial score (nSPS) is 13.2. The Bertz CT molecular complexity index is 214. The maximum Gasteiger partial charge on any atom is 0.239 e. The first-order valence-electron chi connectivity index (χ1n) is 6.96. The maximum atomic E-state index is 12.2. The highest BCUT2D eigenvalue weighted by molar-refractivity contribution is 5.81. The lowest BCUT2D eigenvalue weighted by Crippen LogP contribution is -2.47. The van der Waals surface area contributed by atoms with E-state index in [2.05, 4.69) is 34.6 Å². The van der Waals surface area contributed by atoms with Gasteiger partial charge in [-0.1, -0.05) is 33.6 Å². The maximum absolute atomic E-state index is 12.2. The van der Waals surface area contributed by atoms with Crippen molar-refractivity contribution in [2.75, 3.05) is 6.54 Å². The average Bonchev–Trinajstić information content (AvgIpc) is 2.22. The highest BCUT2D eigenvalue weighted by Crippen LogP contribution is 2.10. The van der Waals surface area contributed by atoms with E-state index in [4.69, 9.17) is 5.73 Å². The minimum absolute atomic E-state index is 0.116. The van der Waals surface area contributed by atoms with Gasteiger partial charge in [-0.05, 0) is 32.6 Å². The Morgan fingerprint density at radius 2 is 1.76 bits per heavy atom. The SMILES string of the molecule is CCCCCN(C(=O)[C@@H](N)CC(C)C)C(C)C. The van der Waals surface area contributed by atoms with Gasteiger partial charge in [-0.25, -0.2) is 0 Å². The quantitative estimate of drug-likeness (QED) is 0.665. The first kappa shape index (κ1) is 16.4. The van der Waals surface area contributed by atoms with Crippen LogP contribution in [0.25, 0.3) is 0 Å². The third-order valence-corrected chi connectivity index (χ3v) is 2.95. The molecule has 102 valence electrons. The molecule has 0 spiro atoms. The molecular formula is C14H30N2O. The molecule has 17 heavy (non-hydrogen) atoms. The van der Waals surface area contributed by atoms with Gasteiger partial charge in [0.1, 0.15) is 0 Å². The molecule has 0 aromatic carbocycles. The lowest BCUT2D eigenvalue weighted by atomic mass is 10.0. The number of hydrogen-bond acceptors (Lipinski definition) is 2. The van der Waals surface area contributed by atoms with Crippen molar-refractivity contribution in [1.29, 1.82) is 0 Å². The molecule has 1 amide bonds. The molecule has 0 aliphatic rings. The average molecular weight is 242 g/mol. The van der Waals surface area contributed by atoms with E-state index in [1.807, 2.05) is 4.90 Å². The van der Waals surface area contributed by atoms with Crippen molar-refractivity contribution >= 4 is 5.91 Å². The summed E-state index contributed by atoms with van der Waals surface area (Å²) in [6, 6.07) is -0.0865. The zero-order valence-corrected chi connectivity index (χ0v) is 12.2. The highest BCUT2D eigenvalue weighted by Gasteiger charge is 2.23. The fourth-order valence-electron chi connectivity index (χ4n) is 1.98. The minimum Gasteiger partial charge on any atom is -0.339 e. The summed E-state index contributed by atoms with van der Waals surface area (Å²) in [7, 11) is 0. The fourth-order valence-corrected chi connectivity index (χ4v) is 1.98. The molecule has 0 aliphatic heterocycles. The van der Waals surface area contributed by atoms with Gasteiger partial charge in [0.2, 0.25) is 5.91 Å². The summed E-state index contributed by atoms with van der Waals surface area (Å²) in [5.74, 6) is 0.586. The van der Waals surface area contributed by atoms with Crippen molar-refractivity contribution in [3.63, 3.8) is 0 Å². The number of nitrogens with two attached hydrogens (primary N) is 1. The van der Waals surface area contributed by atoms with Gasteiger partial charge in [-0.15, -0.1) is 0 Å². The molecule has 0 saturated heterocycles. The van der Waals surface area contributed by atoms with Gasteiger partial charge in [-0.2, -0.15) is 0 Å². The van der Waals surface area contributed by atoms with Crippen LogP contribution >= 0.6 is 0 Å². The molecule has 0 fully saturated rings. The molecule has 0 aromatic heterocycles. The molecule has 0 aliphatic carbocycles. The minimum atomic E-state index is -0.334. The van der Waals surface area contributed by atoms with E-state index in [1.165, 1.54) is 12.8 Å². The molecular weight excluding hydrogens is 212 g/mol. The van der Waals surface area contributed by atoms with Crippen LogP contribution in [0.2, 0.25) is 0 Å². The van der Waals surface area contributed by atoms with Gasteiger partial charge < -0.3 is 10.6 Å². The Morgan fingerprint density at radius 1 is 1.18 bits per heavy atom. The summed E-state index contributed by atoms with van der Waals surface area (Å²) in [5.41, 5.74) is 5.97. The summed E-state index contributed by atoms with van der Waals surface area (Å²) in [6.45, 7) is 11.3. The summed E-state index contributed by atoms with van der Waals surface area (Å²) in [5, 5.41) is 0. The number of rotatable bonds is 8. The number of amides is 1. The fraction of sp³-hybridized carbons (Fsp3) is 0.929. The van der Waals surface area contributed by atoms with E-state index in [1.54, 1.807) is 0 Å². The van der Waals surface area contributed by atoms with Gasteiger partial charge in [0.05, 0.1) is 6.04 Å². The molecule has 0 aromatic rings. The van der Waals surface area contributed by atoms with E-state index in [9.17, 15) is 4.79 Å².